The first-order chi connectivity index (χ1) is 12.1. The lowest BCUT2D eigenvalue weighted by Gasteiger charge is -2.33. The van der Waals surface area contributed by atoms with Gasteiger partial charge < -0.3 is 9.88 Å². The van der Waals surface area contributed by atoms with Crippen molar-refractivity contribution < 1.29 is 0 Å². The molecule has 0 radical (unpaired) electrons. The van der Waals surface area contributed by atoms with Gasteiger partial charge in [0.15, 0.2) is 0 Å². The third-order valence-corrected chi connectivity index (χ3v) is 5.72. The summed E-state index contributed by atoms with van der Waals surface area (Å²) in [6.45, 7) is 10.0. The zero-order valence-corrected chi connectivity index (χ0v) is 15.2. The highest BCUT2D eigenvalue weighted by Gasteiger charge is 2.28. The summed E-state index contributed by atoms with van der Waals surface area (Å²) in [5, 5.41) is 2.35. The van der Waals surface area contributed by atoms with E-state index in [2.05, 4.69) is 34.2 Å². The zero-order valence-electron chi connectivity index (χ0n) is 15.2. The van der Waals surface area contributed by atoms with Gasteiger partial charge in [-0.05, 0) is 44.7 Å². The van der Waals surface area contributed by atoms with Crippen LogP contribution >= 0.6 is 0 Å². The molecule has 0 bridgehead atoms. The maximum Gasteiger partial charge on any atom is 0.326 e. The highest BCUT2D eigenvalue weighted by Crippen LogP contribution is 2.25. The number of hydrogen-bond donors (Lipinski definition) is 2. The van der Waals surface area contributed by atoms with Crippen LogP contribution in [0.2, 0.25) is 0 Å². The number of hydrogen-bond acceptors (Lipinski definition) is 4. The minimum atomic E-state index is 0.0345. The predicted octanol–water partition coefficient (Wildman–Crippen LogP) is 1.81. The Labute approximate surface area is 148 Å². The normalized spacial score (nSPS) is 23.9. The summed E-state index contributed by atoms with van der Waals surface area (Å²) in [5.74, 6) is 0.703. The van der Waals surface area contributed by atoms with Crippen molar-refractivity contribution in [1.82, 2.24) is 24.9 Å². The number of para-hydroxylation sites is 2. The summed E-state index contributed by atoms with van der Waals surface area (Å²) in [5.41, 5.74) is 5.53. The van der Waals surface area contributed by atoms with Crippen LogP contribution in [0.3, 0.4) is 0 Å². The van der Waals surface area contributed by atoms with Crippen LogP contribution in [-0.2, 0) is 0 Å². The summed E-state index contributed by atoms with van der Waals surface area (Å²) in [7, 11) is 0. The number of aromatic nitrogens is 2. The molecule has 0 amide bonds. The minimum Gasteiger partial charge on any atom is -0.306 e. The highest BCUT2D eigenvalue weighted by molar-refractivity contribution is 5.75. The molecule has 2 N–H and O–H groups in total. The Balaban J connectivity index is 1.37. The first-order valence-corrected chi connectivity index (χ1v) is 9.53. The largest absolute Gasteiger partial charge is 0.326 e. The van der Waals surface area contributed by atoms with E-state index < -0.39 is 0 Å². The molecule has 2 aliphatic heterocycles. The molecule has 2 saturated heterocycles. The number of nitrogens with zero attached hydrogens (tertiary/aromatic N) is 3. The van der Waals surface area contributed by atoms with Gasteiger partial charge in [0.25, 0.3) is 0 Å². The van der Waals surface area contributed by atoms with Gasteiger partial charge in [-0.1, -0.05) is 12.1 Å². The molecule has 2 aromatic rings. The standard InChI is InChI=1S/C19H29N5O/c1-14(2)23-13-15(11-20-23)12-22-9-7-16(8-10-22)24-18-6-4-3-5-17(18)21-19(24)25/h3-6,14-16,20H,7-13H2,1-2H3,(H,21,25). The van der Waals surface area contributed by atoms with Crippen molar-refractivity contribution in [2.75, 3.05) is 32.7 Å². The van der Waals surface area contributed by atoms with Gasteiger partial charge >= 0.3 is 5.69 Å². The molecule has 6 nitrogen and oxygen atoms in total. The van der Waals surface area contributed by atoms with Crippen molar-refractivity contribution in [3.05, 3.63) is 34.7 Å². The molecule has 136 valence electrons. The third-order valence-electron chi connectivity index (χ3n) is 5.72. The maximum atomic E-state index is 12.4. The van der Waals surface area contributed by atoms with Crippen LogP contribution in [0.15, 0.2) is 29.1 Å². The Kier molecular flexibility index (Phi) is 4.67. The number of fused-ring (bicyclic) bond motifs is 1. The third kappa shape index (κ3) is 3.38. The fourth-order valence-corrected chi connectivity index (χ4v) is 4.33. The number of aromatic amines is 1. The first-order valence-electron chi connectivity index (χ1n) is 9.53. The Hall–Kier alpha value is -1.63. The predicted molar refractivity (Wildman–Crippen MR) is 101 cm³/mol. The van der Waals surface area contributed by atoms with Gasteiger partial charge in [0.1, 0.15) is 0 Å². The van der Waals surface area contributed by atoms with Crippen LogP contribution in [0.4, 0.5) is 0 Å². The fraction of sp³-hybridized carbons (Fsp3) is 0.632. The molecule has 25 heavy (non-hydrogen) atoms. The zero-order chi connectivity index (χ0) is 17.4. The Bertz CT molecular complexity index is 771. The molecule has 0 saturated carbocycles. The smallest absolute Gasteiger partial charge is 0.306 e. The monoisotopic (exact) mass is 343 g/mol. The van der Waals surface area contributed by atoms with Gasteiger partial charge in [0.2, 0.25) is 0 Å². The lowest BCUT2D eigenvalue weighted by molar-refractivity contribution is 0.157. The molecular weight excluding hydrogens is 314 g/mol. The number of rotatable bonds is 4. The van der Waals surface area contributed by atoms with E-state index in [0.717, 1.165) is 56.6 Å². The van der Waals surface area contributed by atoms with E-state index in [1.807, 2.05) is 28.8 Å². The van der Waals surface area contributed by atoms with Gasteiger partial charge in [-0.25, -0.2) is 9.80 Å². The van der Waals surface area contributed by atoms with Crippen LogP contribution in [0.25, 0.3) is 11.0 Å². The molecular formula is C19H29N5O. The van der Waals surface area contributed by atoms with Crippen LogP contribution in [0.5, 0.6) is 0 Å². The quantitative estimate of drug-likeness (QED) is 0.889. The number of imidazole rings is 1. The van der Waals surface area contributed by atoms with Gasteiger partial charge in [0.05, 0.1) is 11.0 Å². The van der Waals surface area contributed by atoms with Crippen molar-refractivity contribution in [3.63, 3.8) is 0 Å². The number of piperidine rings is 1. The molecule has 2 fully saturated rings. The highest BCUT2D eigenvalue weighted by atomic mass is 16.1. The summed E-state index contributed by atoms with van der Waals surface area (Å²) < 4.78 is 1.98. The second kappa shape index (κ2) is 6.94. The molecule has 0 spiro atoms. The van der Waals surface area contributed by atoms with Crippen molar-refractivity contribution in [2.45, 2.75) is 38.8 Å². The van der Waals surface area contributed by atoms with E-state index in [0.29, 0.717) is 18.0 Å². The lowest BCUT2D eigenvalue weighted by atomic mass is 10.0. The molecule has 1 atom stereocenters. The van der Waals surface area contributed by atoms with Crippen molar-refractivity contribution in [3.8, 4) is 0 Å². The average Bonchev–Trinajstić information content (AvgIpc) is 3.19. The van der Waals surface area contributed by atoms with Crippen LogP contribution < -0.4 is 11.1 Å². The molecule has 1 aromatic heterocycles. The fourth-order valence-electron chi connectivity index (χ4n) is 4.33. The second-order valence-corrected chi connectivity index (χ2v) is 7.82. The number of H-pyrrole nitrogens is 1. The SMILES string of the molecule is CC(C)N1CC(CN2CCC(n3c(=O)[nH]c4ccccc43)CC2)CN1. The van der Waals surface area contributed by atoms with Crippen molar-refractivity contribution in [1.29, 1.82) is 0 Å². The van der Waals surface area contributed by atoms with Gasteiger partial charge in [-0.3, -0.25) is 9.99 Å². The Morgan fingerprint density at radius 2 is 1.96 bits per heavy atom. The summed E-state index contributed by atoms with van der Waals surface area (Å²) in [6.07, 6.45) is 2.10. The van der Waals surface area contributed by atoms with Gasteiger partial charge in [0, 0.05) is 44.8 Å². The summed E-state index contributed by atoms with van der Waals surface area (Å²) >= 11 is 0. The molecule has 2 aliphatic rings. The van der Waals surface area contributed by atoms with E-state index in [1.165, 1.54) is 0 Å². The number of benzene rings is 1. The summed E-state index contributed by atoms with van der Waals surface area (Å²) in [4.78, 5) is 17.9. The summed E-state index contributed by atoms with van der Waals surface area (Å²) in [6, 6.07) is 8.88. The van der Waals surface area contributed by atoms with Crippen LogP contribution in [-0.4, -0.2) is 58.2 Å². The van der Waals surface area contributed by atoms with Crippen LogP contribution in [0, 0.1) is 5.92 Å². The number of nitrogens with one attached hydrogen (secondary N) is 2. The van der Waals surface area contributed by atoms with E-state index in [-0.39, 0.29) is 5.69 Å². The van der Waals surface area contributed by atoms with E-state index in [1.54, 1.807) is 0 Å². The second-order valence-electron chi connectivity index (χ2n) is 7.82. The number of likely N-dealkylation sites (tertiary alicyclic amines) is 1. The van der Waals surface area contributed by atoms with E-state index in [9.17, 15) is 4.79 Å². The molecule has 1 unspecified atom stereocenters. The Morgan fingerprint density at radius 1 is 1.20 bits per heavy atom. The average molecular weight is 343 g/mol. The van der Waals surface area contributed by atoms with E-state index in [4.69, 9.17) is 0 Å². The molecule has 1 aromatic carbocycles. The topological polar surface area (TPSA) is 56.3 Å². The lowest BCUT2D eigenvalue weighted by Crippen LogP contribution is -2.40. The van der Waals surface area contributed by atoms with Crippen LogP contribution in [0.1, 0.15) is 32.7 Å². The number of hydrazine groups is 1. The first kappa shape index (κ1) is 16.8. The molecule has 3 heterocycles. The van der Waals surface area contributed by atoms with Gasteiger partial charge in [-0.2, -0.15) is 0 Å². The molecule has 0 aliphatic carbocycles. The van der Waals surface area contributed by atoms with Gasteiger partial charge in [-0.15, -0.1) is 0 Å². The minimum absolute atomic E-state index is 0.0345. The maximum absolute atomic E-state index is 12.4. The van der Waals surface area contributed by atoms with E-state index >= 15 is 0 Å². The van der Waals surface area contributed by atoms with Crippen molar-refractivity contribution in [2.24, 2.45) is 5.92 Å². The molecule has 6 heteroatoms. The Morgan fingerprint density at radius 3 is 2.68 bits per heavy atom. The van der Waals surface area contributed by atoms with Crippen molar-refractivity contribution >= 4 is 11.0 Å². The molecule has 4 rings (SSSR count).